The number of carbonyl (C=O) groups is 2. The van der Waals surface area contributed by atoms with Crippen molar-refractivity contribution in [1.82, 2.24) is 5.32 Å². The molecule has 0 saturated heterocycles. The molecule has 1 aliphatic heterocycles. The topological polar surface area (TPSA) is 87.7 Å². The Morgan fingerprint density at radius 3 is 2.73 bits per heavy atom. The van der Waals surface area contributed by atoms with Crippen molar-refractivity contribution < 1.29 is 19.4 Å². The molecule has 3 N–H and O–H groups in total. The first-order chi connectivity index (χ1) is 10.6. The monoisotopic (exact) mass is 300 g/mol. The first kappa shape index (κ1) is 15.4. The zero-order chi connectivity index (χ0) is 15.9. The Labute approximate surface area is 127 Å². The van der Waals surface area contributed by atoms with Gasteiger partial charge in [0.25, 0.3) is 0 Å². The van der Waals surface area contributed by atoms with Gasteiger partial charge in [-0.2, -0.15) is 0 Å². The van der Waals surface area contributed by atoms with Gasteiger partial charge in [-0.1, -0.05) is 24.3 Å². The van der Waals surface area contributed by atoms with Gasteiger partial charge in [-0.3, -0.25) is 4.79 Å². The van der Waals surface area contributed by atoms with Crippen LogP contribution in [0.3, 0.4) is 0 Å². The molecule has 0 bridgehead atoms. The van der Waals surface area contributed by atoms with Gasteiger partial charge in [0.05, 0.1) is 18.4 Å². The number of methoxy groups -OCH3 is 1. The fraction of sp³-hybridized carbons (Fsp3) is 0.125. The highest BCUT2D eigenvalue weighted by Gasteiger charge is 2.10. The number of dihydropyridines is 1. The third-order valence-electron chi connectivity index (χ3n) is 3.00. The SMILES string of the molecule is COC1=CC=C(/C=C/C(=O)Nc2ccccc2C(=O)O)CN1. The number of allylic oxidation sites excluding steroid dienone is 2. The van der Waals surface area contributed by atoms with Crippen LogP contribution in [-0.4, -0.2) is 30.6 Å². The molecular formula is C16H16N2O4. The molecule has 1 aromatic rings. The van der Waals surface area contributed by atoms with Crippen molar-refractivity contribution in [3.8, 4) is 0 Å². The largest absolute Gasteiger partial charge is 0.483 e. The quantitative estimate of drug-likeness (QED) is 0.723. The zero-order valence-electron chi connectivity index (χ0n) is 12.0. The summed E-state index contributed by atoms with van der Waals surface area (Å²) in [5.74, 6) is -0.815. The van der Waals surface area contributed by atoms with E-state index in [1.807, 2.05) is 6.08 Å². The molecule has 0 radical (unpaired) electrons. The van der Waals surface area contributed by atoms with Crippen molar-refractivity contribution in [1.29, 1.82) is 0 Å². The van der Waals surface area contributed by atoms with Gasteiger partial charge in [-0.05, 0) is 23.8 Å². The van der Waals surface area contributed by atoms with E-state index in [2.05, 4.69) is 10.6 Å². The highest BCUT2D eigenvalue weighted by atomic mass is 16.5. The number of benzene rings is 1. The maximum Gasteiger partial charge on any atom is 0.337 e. The Morgan fingerprint density at radius 1 is 1.32 bits per heavy atom. The summed E-state index contributed by atoms with van der Waals surface area (Å²) in [4.78, 5) is 22.9. The minimum Gasteiger partial charge on any atom is -0.483 e. The summed E-state index contributed by atoms with van der Waals surface area (Å²) < 4.78 is 5.03. The van der Waals surface area contributed by atoms with E-state index in [0.717, 1.165) is 5.57 Å². The van der Waals surface area contributed by atoms with E-state index in [0.29, 0.717) is 12.4 Å². The zero-order valence-corrected chi connectivity index (χ0v) is 12.0. The van der Waals surface area contributed by atoms with E-state index >= 15 is 0 Å². The van der Waals surface area contributed by atoms with Crippen LogP contribution in [0.15, 0.2) is 60.0 Å². The van der Waals surface area contributed by atoms with E-state index in [1.165, 1.54) is 12.1 Å². The average molecular weight is 300 g/mol. The summed E-state index contributed by atoms with van der Waals surface area (Å²) in [6, 6.07) is 6.25. The summed E-state index contributed by atoms with van der Waals surface area (Å²) >= 11 is 0. The molecule has 0 atom stereocenters. The molecule has 114 valence electrons. The highest BCUT2D eigenvalue weighted by molar-refractivity contribution is 6.04. The fourth-order valence-electron chi connectivity index (χ4n) is 1.88. The normalized spacial score (nSPS) is 13.9. The van der Waals surface area contributed by atoms with Crippen LogP contribution in [0.2, 0.25) is 0 Å². The summed E-state index contributed by atoms with van der Waals surface area (Å²) in [5, 5.41) is 14.6. The van der Waals surface area contributed by atoms with Gasteiger partial charge in [0.1, 0.15) is 0 Å². The van der Waals surface area contributed by atoms with Gasteiger partial charge in [0.2, 0.25) is 5.91 Å². The molecule has 0 spiro atoms. The Morgan fingerprint density at radius 2 is 2.09 bits per heavy atom. The Balaban J connectivity index is 2.02. The van der Waals surface area contributed by atoms with Gasteiger partial charge in [0.15, 0.2) is 5.88 Å². The van der Waals surface area contributed by atoms with E-state index < -0.39 is 11.9 Å². The number of hydrogen-bond acceptors (Lipinski definition) is 4. The van der Waals surface area contributed by atoms with Crippen LogP contribution >= 0.6 is 0 Å². The third kappa shape index (κ3) is 3.99. The number of carboxylic acids is 1. The summed E-state index contributed by atoms with van der Waals surface area (Å²) in [6.45, 7) is 0.551. The predicted octanol–water partition coefficient (Wildman–Crippen LogP) is 1.90. The second-order valence-corrected chi connectivity index (χ2v) is 4.50. The molecule has 1 aliphatic rings. The first-order valence-corrected chi connectivity index (χ1v) is 6.60. The van der Waals surface area contributed by atoms with Crippen molar-refractivity contribution in [2.45, 2.75) is 0 Å². The van der Waals surface area contributed by atoms with E-state index in [4.69, 9.17) is 9.84 Å². The van der Waals surface area contributed by atoms with E-state index in [1.54, 1.807) is 37.5 Å². The Hall–Kier alpha value is -3.02. The summed E-state index contributed by atoms with van der Waals surface area (Å²) in [5.41, 5.74) is 1.22. The van der Waals surface area contributed by atoms with Crippen LogP contribution in [0.4, 0.5) is 5.69 Å². The lowest BCUT2D eigenvalue weighted by Crippen LogP contribution is -2.20. The van der Waals surface area contributed by atoms with Crippen LogP contribution in [0.1, 0.15) is 10.4 Å². The number of para-hydroxylation sites is 1. The maximum absolute atomic E-state index is 11.9. The molecule has 6 heteroatoms. The lowest BCUT2D eigenvalue weighted by molar-refractivity contribution is -0.111. The number of hydrogen-bond donors (Lipinski definition) is 3. The van der Waals surface area contributed by atoms with Crippen LogP contribution in [0.5, 0.6) is 0 Å². The number of nitrogens with one attached hydrogen (secondary N) is 2. The number of carboxylic acid groups (broad SMARTS) is 1. The van der Waals surface area contributed by atoms with Gasteiger partial charge < -0.3 is 20.5 Å². The lowest BCUT2D eigenvalue weighted by Gasteiger charge is -2.13. The number of anilines is 1. The molecule has 1 aromatic carbocycles. The number of carbonyl (C=O) groups excluding carboxylic acids is 1. The fourth-order valence-corrected chi connectivity index (χ4v) is 1.88. The van der Waals surface area contributed by atoms with Crippen LogP contribution in [0, 0.1) is 0 Å². The standard InChI is InChI=1S/C16H16N2O4/c1-22-15-9-7-11(10-17-15)6-8-14(19)18-13-5-3-2-4-12(13)16(20)21/h2-9,17H,10H2,1H3,(H,18,19)(H,20,21)/b8-6+. The summed E-state index contributed by atoms with van der Waals surface area (Å²) in [7, 11) is 1.57. The maximum atomic E-state index is 11.9. The van der Waals surface area contributed by atoms with Crippen molar-refractivity contribution in [2.75, 3.05) is 19.0 Å². The minimum atomic E-state index is -1.09. The van der Waals surface area contributed by atoms with Crippen molar-refractivity contribution in [3.05, 3.63) is 65.6 Å². The molecule has 2 rings (SSSR count). The molecule has 0 aliphatic carbocycles. The molecule has 1 amide bonds. The van der Waals surface area contributed by atoms with Crippen LogP contribution in [0.25, 0.3) is 0 Å². The minimum absolute atomic E-state index is 0.0514. The van der Waals surface area contributed by atoms with Crippen molar-refractivity contribution in [2.24, 2.45) is 0 Å². The molecule has 0 fully saturated rings. The van der Waals surface area contributed by atoms with Gasteiger partial charge in [-0.15, -0.1) is 0 Å². The number of aromatic carboxylic acids is 1. The molecule has 0 unspecified atom stereocenters. The summed E-state index contributed by atoms with van der Waals surface area (Å²) in [6.07, 6.45) is 6.62. The first-order valence-electron chi connectivity index (χ1n) is 6.60. The van der Waals surface area contributed by atoms with Crippen molar-refractivity contribution in [3.63, 3.8) is 0 Å². The number of amides is 1. The second kappa shape index (κ2) is 7.12. The van der Waals surface area contributed by atoms with Crippen molar-refractivity contribution >= 4 is 17.6 Å². The molecular weight excluding hydrogens is 284 g/mol. The van der Waals surface area contributed by atoms with Gasteiger partial charge >= 0.3 is 5.97 Å². The predicted molar refractivity (Wildman–Crippen MR) is 82.3 cm³/mol. The van der Waals surface area contributed by atoms with Gasteiger partial charge in [-0.25, -0.2) is 4.79 Å². The van der Waals surface area contributed by atoms with Crippen LogP contribution < -0.4 is 10.6 Å². The third-order valence-corrected chi connectivity index (χ3v) is 3.00. The van der Waals surface area contributed by atoms with Gasteiger partial charge in [0, 0.05) is 12.6 Å². The Bertz CT molecular complexity index is 674. The van der Waals surface area contributed by atoms with E-state index in [-0.39, 0.29) is 11.3 Å². The smallest absolute Gasteiger partial charge is 0.337 e. The molecule has 22 heavy (non-hydrogen) atoms. The molecule has 6 nitrogen and oxygen atoms in total. The average Bonchev–Trinajstić information content (AvgIpc) is 2.53. The number of rotatable bonds is 5. The molecule has 0 aromatic heterocycles. The van der Waals surface area contributed by atoms with E-state index in [9.17, 15) is 9.59 Å². The Kier molecular flexibility index (Phi) is 4.98. The molecule has 1 heterocycles. The highest BCUT2D eigenvalue weighted by Crippen LogP contribution is 2.15. The second-order valence-electron chi connectivity index (χ2n) is 4.50. The van der Waals surface area contributed by atoms with Crippen LogP contribution in [-0.2, 0) is 9.53 Å². The number of ether oxygens (including phenoxy) is 1. The lowest BCUT2D eigenvalue weighted by atomic mass is 10.1. The molecule has 0 saturated carbocycles.